The fraction of sp³-hybridized carbons (Fsp3) is 0.0909. The Morgan fingerprint density at radius 1 is 0.583 bits per heavy atom. The van der Waals surface area contributed by atoms with Gasteiger partial charge in [0.05, 0.1) is 0 Å². The Hall–Kier alpha value is -3.00. The number of carbonyl (C=O) groups excluding carboxylic acids is 2. The molecule has 0 atom stereocenters. The van der Waals surface area contributed by atoms with Crippen LogP contribution in [0.15, 0.2) is 60.7 Å². The van der Waals surface area contributed by atoms with E-state index in [0.717, 1.165) is 32.3 Å². The van der Waals surface area contributed by atoms with E-state index in [-0.39, 0.29) is 11.6 Å². The second kappa shape index (κ2) is 5.27. The van der Waals surface area contributed by atoms with Crippen LogP contribution >= 0.6 is 0 Å². The van der Waals surface area contributed by atoms with Crippen molar-refractivity contribution in [1.82, 2.24) is 0 Å². The molecule has 0 spiro atoms. The number of hydrogen-bond acceptors (Lipinski definition) is 2. The standard InChI is InChI=1S/C22H16O2/c1-13(23)15-11-12-20-18-9-4-3-7-16(18)17-8-5-6-10-19(17)22(20)21(15)14(2)24/h3-12H,1-2H3. The molecule has 4 aromatic carbocycles. The van der Waals surface area contributed by atoms with E-state index in [4.69, 9.17) is 0 Å². The van der Waals surface area contributed by atoms with Gasteiger partial charge in [-0.05, 0) is 40.8 Å². The van der Waals surface area contributed by atoms with Crippen LogP contribution in [0.25, 0.3) is 32.3 Å². The summed E-state index contributed by atoms with van der Waals surface area (Å²) in [5.41, 5.74) is 1.03. The molecule has 24 heavy (non-hydrogen) atoms. The summed E-state index contributed by atoms with van der Waals surface area (Å²) in [5, 5.41) is 6.27. The van der Waals surface area contributed by atoms with E-state index in [1.165, 1.54) is 13.8 Å². The lowest BCUT2D eigenvalue weighted by molar-refractivity contribution is 0.0982. The zero-order chi connectivity index (χ0) is 16.8. The maximum Gasteiger partial charge on any atom is 0.161 e. The minimum absolute atomic E-state index is 0.0776. The molecule has 0 aliphatic heterocycles. The first-order valence-electron chi connectivity index (χ1n) is 7.97. The van der Waals surface area contributed by atoms with Crippen molar-refractivity contribution in [3.63, 3.8) is 0 Å². The molecule has 0 radical (unpaired) electrons. The van der Waals surface area contributed by atoms with Crippen LogP contribution in [0, 0.1) is 0 Å². The highest BCUT2D eigenvalue weighted by Gasteiger charge is 2.19. The Morgan fingerprint density at radius 3 is 1.54 bits per heavy atom. The molecule has 0 N–H and O–H groups in total. The van der Waals surface area contributed by atoms with Crippen LogP contribution in [0.2, 0.25) is 0 Å². The third kappa shape index (κ3) is 1.96. The third-order valence-electron chi connectivity index (χ3n) is 4.64. The molecule has 116 valence electrons. The first-order valence-corrected chi connectivity index (χ1v) is 7.97. The molecule has 0 fully saturated rings. The van der Waals surface area contributed by atoms with E-state index in [1.807, 2.05) is 36.4 Å². The van der Waals surface area contributed by atoms with Gasteiger partial charge >= 0.3 is 0 Å². The molecule has 0 aliphatic rings. The van der Waals surface area contributed by atoms with Crippen LogP contribution in [-0.2, 0) is 0 Å². The minimum atomic E-state index is -0.0839. The Labute approximate surface area is 139 Å². The van der Waals surface area contributed by atoms with Crippen LogP contribution in [0.1, 0.15) is 34.6 Å². The minimum Gasteiger partial charge on any atom is -0.294 e. The van der Waals surface area contributed by atoms with Crippen molar-refractivity contribution in [2.75, 3.05) is 0 Å². The fourth-order valence-corrected chi connectivity index (χ4v) is 3.65. The lowest BCUT2D eigenvalue weighted by Crippen LogP contribution is -2.05. The van der Waals surface area contributed by atoms with Gasteiger partial charge in [0.2, 0.25) is 0 Å². The first-order chi connectivity index (χ1) is 11.6. The quantitative estimate of drug-likeness (QED) is 0.359. The zero-order valence-corrected chi connectivity index (χ0v) is 13.6. The summed E-state index contributed by atoms with van der Waals surface area (Å²) in [6, 6.07) is 20.0. The summed E-state index contributed by atoms with van der Waals surface area (Å²) in [6.45, 7) is 3.04. The fourth-order valence-electron chi connectivity index (χ4n) is 3.65. The number of rotatable bonds is 2. The van der Waals surface area contributed by atoms with E-state index >= 15 is 0 Å². The van der Waals surface area contributed by atoms with Crippen LogP contribution in [0.5, 0.6) is 0 Å². The molecule has 0 amide bonds. The van der Waals surface area contributed by atoms with Gasteiger partial charge in [-0.25, -0.2) is 0 Å². The smallest absolute Gasteiger partial charge is 0.161 e. The van der Waals surface area contributed by atoms with Gasteiger partial charge in [0.1, 0.15) is 0 Å². The number of carbonyl (C=O) groups is 2. The van der Waals surface area contributed by atoms with Crippen molar-refractivity contribution in [3.8, 4) is 0 Å². The number of ketones is 2. The SMILES string of the molecule is CC(=O)c1ccc2c3ccccc3c3ccccc3c2c1C(C)=O. The molecule has 0 aliphatic carbocycles. The van der Waals surface area contributed by atoms with Crippen LogP contribution in [0.4, 0.5) is 0 Å². The predicted octanol–water partition coefficient (Wildman–Crippen LogP) is 5.55. The Kier molecular flexibility index (Phi) is 3.20. The summed E-state index contributed by atoms with van der Waals surface area (Å²) < 4.78 is 0. The van der Waals surface area contributed by atoms with E-state index in [1.54, 1.807) is 6.07 Å². The molecule has 0 unspecified atom stereocenters. The molecule has 2 heteroatoms. The highest BCUT2D eigenvalue weighted by Crippen LogP contribution is 2.37. The normalized spacial score (nSPS) is 11.2. The summed E-state index contributed by atoms with van der Waals surface area (Å²) in [7, 11) is 0. The van der Waals surface area contributed by atoms with Crippen molar-refractivity contribution >= 4 is 43.9 Å². The van der Waals surface area contributed by atoms with E-state index in [9.17, 15) is 9.59 Å². The summed E-state index contributed by atoms with van der Waals surface area (Å²) in [5.74, 6) is -0.162. The zero-order valence-electron chi connectivity index (χ0n) is 13.6. The van der Waals surface area contributed by atoms with E-state index < -0.39 is 0 Å². The van der Waals surface area contributed by atoms with Crippen molar-refractivity contribution in [2.24, 2.45) is 0 Å². The van der Waals surface area contributed by atoms with E-state index in [2.05, 4.69) is 18.2 Å². The van der Waals surface area contributed by atoms with E-state index in [0.29, 0.717) is 11.1 Å². The van der Waals surface area contributed by atoms with Crippen molar-refractivity contribution in [3.05, 3.63) is 71.8 Å². The van der Waals surface area contributed by atoms with Gasteiger partial charge < -0.3 is 0 Å². The third-order valence-corrected chi connectivity index (χ3v) is 4.64. The Bertz CT molecular complexity index is 1120. The summed E-state index contributed by atoms with van der Waals surface area (Å²) in [6.07, 6.45) is 0. The van der Waals surface area contributed by atoms with Crippen LogP contribution < -0.4 is 0 Å². The highest BCUT2D eigenvalue weighted by atomic mass is 16.1. The maximum atomic E-state index is 12.4. The highest BCUT2D eigenvalue weighted by molar-refractivity contribution is 6.31. The molecule has 0 heterocycles. The number of fused-ring (bicyclic) bond motifs is 6. The topological polar surface area (TPSA) is 34.1 Å². The summed E-state index contributed by atoms with van der Waals surface area (Å²) >= 11 is 0. The first kappa shape index (κ1) is 14.6. The monoisotopic (exact) mass is 312 g/mol. The molecular weight excluding hydrogens is 296 g/mol. The average Bonchev–Trinajstić information content (AvgIpc) is 2.60. The van der Waals surface area contributed by atoms with Gasteiger partial charge in [-0.2, -0.15) is 0 Å². The largest absolute Gasteiger partial charge is 0.294 e. The molecule has 0 aromatic heterocycles. The molecule has 4 rings (SSSR count). The lowest BCUT2D eigenvalue weighted by atomic mass is 9.87. The Balaban J connectivity index is 2.41. The summed E-state index contributed by atoms with van der Waals surface area (Å²) in [4.78, 5) is 24.5. The van der Waals surface area contributed by atoms with Crippen LogP contribution in [0.3, 0.4) is 0 Å². The molecule has 0 saturated heterocycles. The van der Waals surface area contributed by atoms with Crippen LogP contribution in [-0.4, -0.2) is 11.6 Å². The maximum absolute atomic E-state index is 12.4. The molecule has 4 aromatic rings. The Morgan fingerprint density at radius 2 is 1.04 bits per heavy atom. The van der Waals surface area contributed by atoms with Gasteiger partial charge in [-0.3, -0.25) is 9.59 Å². The van der Waals surface area contributed by atoms with Gasteiger partial charge in [0.25, 0.3) is 0 Å². The van der Waals surface area contributed by atoms with Gasteiger partial charge in [-0.15, -0.1) is 0 Å². The number of benzene rings is 4. The van der Waals surface area contributed by atoms with Crippen molar-refractivity contribution < 1.29 is 9.59 Å². The predicted molar refractivity (Wildman–Crippen MR) is 99.0 cm³/mol. The van der Waals surface area contributed by atoms with Crippen molar-refractivity contribution in [1.29, 1.82) is 0 Å². The number of hydrogen-bond donors (Lipinski definition) is 0. The molecule has 2 nitrogen and oxygen atoms in total. The number of Topliss-reactive ketones (excluding diaryl/α,β-unsaturated/α-hetero) is 2. The average molecular weight is 312 g/mol. The molecule has 0 bridgehead atoms. The lowest BCUT2D eigenvalue weighted by Gasteiger charge is -2.15. The van der Waals surface area contributed by atoms with Gasteiger partial charge in [-0.1, -0.05) is 60.7 Å². The molecule has 0 saturated carbocycles. The van der Waals surface area contributed by atoms with Crippen molar-refractivity contribution in [2.45, 2.75) is 13.8 Å². The van der Waals surface area contributed by atoms with Gasteiger partial charge in [0.15, 0.2) is 11.6 Å². The second-order valence-electron chi connectivity index (χ2n) is 6.11. The second-order valence-corrected chi connectivity index (χ2v) is 6.11. The van der Waals surface area contributed by atoms with Gasteiger partial charge in [0, 0.05) is 16.5 Å². The molecular formula is C22H16O2.